The molecule has 162 valence electrons. The zero-order valence-electron chi connectivity index (χ0n) is 16.8. The van der Waals surface area contributed by atoms with Gasteiger partial charge in [0, 0.05) is 10.7 Å². The Morgan fingerprint density at radius 1 is 1.03 bits per heavy atom. The number of hydrazine groups is 2. The summed E-state index contributed by atoms with van der Waals surface area (Å²) in [5.74, 6) is -1.48. The fourth-order valence-corrected chi connectivity index (χ4v) is 3.37. The lowest BCUT2D eigenvalue weighted by Crippen LogP contribution is -2.38. The summed E-state index contributed by atoms with van der Waals surface area (Å²) in [5.41, 5.74) is 13.6. The number of benzene rings is 2. The van der Waals surface area contributed by atoms with Gasteiger partial charge in [-0.1, -0.05) is 40.9 Å². The van der Waals surface area contributed by atoms with Crippen LogP contribution in [-0.2, 0) is 14.4 Å². The molecule has 0 spiro atoms. The summed E-state index contributed by atoms with van der Waals surface area (Å²) in [6.45, 7) is 3.59. The van der Waals surface area contributed by atoms with Gasteiger partial charge in [0.05, 0.1) is 22.8 Å². The smallest absolute Gasteiger partial charge is 0.257 e. The summed E-state index contributed by atoms with van der Waals surface area (Å²) >= 11 is 11.9. The van der Waals surface area contributed by atoms with E-state index < -0.39 is 23.6 Å². The van der Waals surface area contributed by atoms with Crippen LogP contribution in [0.1, 0.15) is 18.9 Å². The van der Waals surface area contributed by atoms with Crippen molar-refractivity contribution in [1.29, 1.82) is 0 Å². The summed E-state index contributed by atoms with van der Waals surface area (Å²) < 4.78 is 0. The lowest BCUT2D eigenvalue weighted by Gasteiger charge is -2.12. The highest BCUT2D eigenvalue weighted by Crippen LogP contribution is 2.24. The van der Waals surface area contributed by atoms with E-state index in [1.54, 1.807) is 19.1 Å². The van der Waals surface area contributed by atoms with E-state index >= 15 is 0 Å². The van der Waals surface area contributed by atoms with Crippen molar-refractivity contribution in [2.75, 3.05) is 10.9 Å². The summed E-state index contributed by atoms with van der Waals surface area (Å²) in [7, 11) is 0. The number of carbonyl (C=O) groups excluding carboxylic acids is 3. The van der Waals surface area contributed by atoms with Crippen LogP contribution in [0, 0.1) is 6.92 Å². The second-order valence-corrected chi connectivity index (χ2v) is 7.85. The van der Waals surface area contributed by atoms with Crippen molar-refractivity contribution >= 4 is 52.2 Å². The highest BCUT2D eigenvalue weighted by molar-refractivity contribution is 6.36. The van der Waals surface area contributed by atoms with Crippen molar-refractivity contribution in [3.63, 3.8) is 0 Å². The minimum Gasteiger partial charge on any atom is -0.341 e. The van der Waals surface area contributed by atoms with Gasteiger partial charge in [0.15, 0.2) is 5.78 Å². The fraction of sp³-hybridized carbons (Fsp3) is 0.190. The minimum atomic E-state index is -0.957. The fourth-order valence-electron chi connectivity index (χ4n) is 2.91. The number of amides is 2. The summed E-state index contributed by atoms with van der Waals surface area (Å²) in [5, 5.41) is 3.33. The number of carbonyl (C=O) groups is 3. The van der Waals surface area contributed by atoms with E-state index in [0.29, 0.717) is 21.4 Å². The Morgan fingerprint density at radius 2 is 1.74 bits per heavy atom. The molecule has 0 saturated carbocycles. The summed E-state index contributed by atoms with van der Waals surface area (Å²) in [6.07, 6.45) is -0.231. The Balaban J connectivity index is 1.57. The van der Waals surface area contributed by atoms with Crippen LogP contribution in [0.25, 0.3) is 0 Å². The van der Waals surface area contributed by atoms with Gasteiger partial charge in [-0.15, -0.1) is 0 Å². The van der Waals surface area contributed by atoms with Crippen molar-refractivity contribution in [3.8, 4) is 0 Å². The predicted molar refractivity (Wildman–Crippen MR) is 120 cm³/mol. The van der Waals surface area contributed by atoms with Crippen molar-refractivity contribution < 1.29 is 14.4 Å². The molecule has 1 aliphatic rings. The third kappa shape index (κ3) is 5.68. The van der Waals surface area contributed by atoms with Crippen LogP contribution in [-0.4, -0.2) is 23.6 Å². The number of Topliss-reactive ketones (excluding diaryl/α,β-unsaturated/α-hetero) is 1. The number of anilines is 2. The van der Waals surface area contributed by atoms with Crippen LogP contribution >= 0.6 is 23.2 Å². The number of halogens is 2. The van der Waals surface area contributed by atoms with E-state index in [9.17, 15) is 14.4 Å². The number of hydrogen-bond donors (Lipinski definition) is 5. The van der Waals surface area contributed by atoms with Gasteiger partial charge in [0.25, 0.3) is 5.91 Å². The van der Waals surface area contributed by atoms with Gasteiger partial charge in [0.2, 0.25) is 5.91 Å². The first kappa shape index (κ1) is 22.5. The molecule has 3 rings (SSSR count). The van der Waals surface area contributed by atoms with Gasteiger partial charge in [-0.3, -0.25) is 25.2 Å². The number of allylic oxidation sites excluding steroid dienone is 1. The van der Waals surface area contributed by atoms with E-state index in [-0.39, 0.29) is 12.0 Å². The van der Waals surface area contributed by atoms with Gasteiger partial charge >= 0.3 is 0 Å². The Morgan fingerprint density at radius 3 is 2.42 bits per heavy atom. The largest absolute Gasteiger partial charge is 0.341 e. The number of rotatable bonds is 7. The summed E-state index contributed by atoms with van der Waals surface area (Å²) in [4.78, 5) is 37.2. The van der Waals surface area contributed by atoms with Crippen molar-refractivity contribution in [2.45, 2.75) is 26.3 Å². The van der Waals surface area contributed by atoms with E-state index in [1.165, 1.54) is 6.07 Å². The molecule has 5 N–H and O–H groups in total. The lowest BCUT2D eigenvalue weighted by atomic mass is 10.1. The van der Waals surface area contributed by atoms with Gasteiger partial charge in [-0.05, 0) is 44.2 Å². The average Bonchev–Trinajstić information content (AvgIpc) is 2.99. The molecule has 10 heteroatoms. The maximum absolute atomic E-state index is 12.7. The van der Waals surface area contributed by atoms with Crippen LogP contribution in [0.4, 0.5) is 11.4 Å². The molecule has 31 heavy (non-hydrogen) atoms. The first-order chi connectivity index (χ1) is 14.7. The Labute approximate surface area is 189 Å². The molecule has 2 aromatic rings. The molecule has 0 aromatic heterocycles. The number of nitrogens with one attached hydrogen (secondary N) is 5. The van der Waals surface area contributed by atoms with Crippen LogP contribution in [0.15, 0.2) is 53.7 Å². The van der Waals surface area contributed by atoms with Crippen LogP contribution in [0.2, 0.25) is 10.0 Å². The highest BCUT2D eigenvalue weighted by Gasteiger charge is 2.38. The van der Waals surface area contributed by atoms with E-state index in [1.807, 2.05) is 31.2 Å². The molecule has 1 fully saturated rings. The second kappa shape index (κ2) is 9.72. The topological polar surface area (TPSA) is 111 Å². The molecule has 2 amide bonds. The number of ketones is 1. The normalized spacial score (nSPS) is 17.1. The lowest BCUT2D eigenvalue weighted by molar-refractivity contribution is -0.124. The molecule has 1 atom stereocenters. The van der Waals surface area contributed by atoms with E-state index in [2.05, 4.69) is 27.0 Å². The molecule has 2 aromatic carbocycles. The maximum atomic E-state index is 12.7. The first-order valence-electron chi connectivity index (χ1n) is 9.39. The zero-order chi connectivity index (χ0) is 22.5. The molecule has 1 unspecified atom stereocenters. The van der Waals surface area contributed by atoms with Crippen LogP contribution < -0.4 is 27.0 Å². The molecule has 0 aliphatic carbocycles. The first-order valence-corrected chi connectivity index (χ1v) is 10.1. The van der Waals surface area contributed by atoms with Crippen LogP contribution in [0.5, 0.6) is 0 Å². The SMILES string of the molecule is CC(NNc1ccc(C)cc1)=C1C(=O)NC(CC(=O)NNc2ccc(Cl)cc2Cl)C1=O. The molecule has 0 radical (unpaired) electrons. The molecule has 1 heterocycles. The van der Waals surface area contributed by atoms with Crippen molar-refractivity contribution in [2.24, 2.45) is 0 Å². The third-order valence-corrected chi connectivity index (χ3v) is 5.12. The number of aryl methyl sites for hydroxylation is 1. The molecular formula is C21H21Cl2N5O3. The Bertz CT molecular complexity index is 1050. The Hall–Kier alpha value is -3.23. The monoisotopic (exact) mass is 461 g/mol. The minimum absolute atomic E-state index is 0.0221. The molecule has 1 saturated heterocycles. The van der Waals surface area contributed by atoms with Gasteiger partial charge in [-0.2, -0.15) is 0 Å². The number of hydrogen-bond acceptors (Lipinski definition) is 6. The molecular weight excluding hydrogens is 441 g/mol. The summed E-state index contributed by atoms with van der Waals surface area (Å²) in [6, 6.07) is 11.4. The molecule has 8 nitrogen and oxygen atoms in total. The average molecular weight is 462 g/mol. The zero-order valence-corrected chi connectivity index (χ0v) is 18.3. The highest BCUT2D eigenvalue weighted by atomic mass is 35.5. The molecule has 0 bridgehead atoms. The van der Waals surface area contributed by atoms with Gasteiger partial charge < -0.3 is 16.2 Å². The molecule has 1 aliphatic heterocycles. The third-order valence-electron chi connectivity index (χ3n) is 4.57. The van der Waals surface area contributed by atoms with Crippen LogP contribution in [0.3, 0.4) is 0 Å². The van der Waals surface area contributed by atoms with E-state index in [0.717, 1.165) is 11.3 Å². The quantitative estimate of drug-likeness (QED) is 0.246. The van der Waals surface area contributed by atoms with E-state index in [4.69, 9.17) is 23.2 Å². The Kier molecular flexibility index (Phi) is 7.04. The predicted octanol–water partition coefficient (Wildman–Crippen LogP) is 3.09. The second-order valence-electron chi connectivity index (χ2n) is 7.01. The maximum Gasteiger partial charge on any atom is 0.257 e. The van der Waals surface area contributed by atoms with Crippen molar-refractivity contribution in [1.82, 2.24) is 16.2 Å². The standard InChI is InChI=1S/C21H21Cl2N5O3/c1-11-3-6-14(7-4-11)26-25-12(2)19-20(30)17(24-21(19)31)10-18(29)28-27-16-8-5-13(22)9-15(16)23/h3-9,17,25-27H,10H2,1-2H3,(H,24,31)(H,28,29). The van der Waals surface area contributed by atoms with Crippen molar-refractivity contribution in [3.05, 3.63) is 69.3 Å². The van der Waals surface area contributed by atoms with Gasteiger partial charge in [0.1, 0.15) is 11.6 Å². The van der Waals surface area contributed by atoms with Gasteiger partial charge in [-0.25, -0.2) is 0 Å².